The number of nitrogens with one attached hydrogen (secondary N) is 1. The summed E-state index contributed by atoms with van der Waals surface area (Å²) in [6.45, 7) is 5.12. The van der Waals surface area contributed by atoms with Gasteiger partial charge in [0.15, 0.2) is 0 Å². The van der Waals surface area contributed by atoms with Gasteiger partial charge in [-0.25, -0.2) is 9.18 Å². The van der Waals surface area contributed by atoms with E-state index in [1.54, 1.807) is 12.1 Å². The number of amides is 1. The molecule has 0 aliphatic carbocycles. The molecular weight excluding hydrogens is 305 g/mol. The largest absolute Gasteiger partial charge is 0.457 e. The number of carbonyl (C=O) groups excluding carboxylic acids is 2. The number of halogens is 1. The molecule has 2 aromatic rings. The van der Waals surface area contributed by atoms with Crippen molar-refractivity contribution in [1.82, 2.24) is 0 Å². The van der Waals surface area contributed by atoms with Crippen LogP contribution in [-0.4, -0.2) is 11.9 Å². The summed E-state index contributed by atoms with van der Waals surface area (Å²) in [4.78, 5) is 24.5. The summed E-state index contributed by atoms with van der Waals surface area (Å²) < 4.78 is 18.1. The zero-order chi connectivity index (χ0) is 16.3. The van der Waals surface area contributed by atoms with Crippen molar-refractivity contribution in [3.05, 3.63) is 51.7 Å². The number of thiophene rings is 1. The normalized spacial score (nSPS) is 10.4. The Labute approximate surface area is 131 Å². The van der Waals surface area contributed by atoms with Crippen LogP contribution in [0.25, 0.3) is 0 Å². The summed E-state index contributed by atoms with van der Waals surface area (Å²) in [5.74, 6) is -1.09. The zero-order valence-corrected chi connectivity index (χ0v) is 13.3. The summed E-state index contributed by atoms with van der Waals surface area (Å²) in [5.41, 5.74) is 1.86. The number of aryl methyl sites for hydroxylation is 1. The van der Waals surface area contributed by atoms with Crippen LogP contribution in [0.15, 0.2) is 24.3 Å². The van der Waals surface area contributed by atoms with E-state index < -0.39 is 5.97 Å². The van der Waals surface area contributed by atoms with E-state index in [0.29, 0.717) is 16.1 Å². The molecule has 0 bridgehead atoms. The third-order valence-electron chi connectivity index (χ3n) is 3.16. The van der Waals surface area contributed by atoms with Crippen molar-refractivity contribution in [3.8, 4) is 0 Å². The Morgan fingerprint density at radius 1 is 1.23 bits per heavy atom. The minimum Gasteiger partial charge on any atom is -0.457 e. The molecule has 0 aliphatic rings. The van der Waals surface area contributed by atoms with Gasteiger partial charge in [0.1, 0.15) is 17.4 Å². The van der Waals surface area contributed by atoms with Crippen molar-refractivity contribution in [3.63, 3.8) is 0 Å². The van der Waals surface area contributed by atoms with Crippen LogP contribution in [0.3, 0.4) is 0 Å². The second-order valence-electron chi connectivity index (χ2n) is 4.87. The molecule has 0 unspecified atom stereocenters. The van der Waals surface area contributed by atoms with Crippen molar-refractivity contribution < 1.29 is 18.7 Å². The fourth-order valence-corrected chi connectivity index (χ4v) is 3.02. The fraction of sp³-hybridized carbons (Fsp3) is 0.250. The van der Waals surface area contributed by atoms with Gasteiger partial charge in [0.25, 0.3) is 0 Å². The molecule has 0 aliphatic heterocycles. The number of rotatable bonds is 4. The quantitative estimate of drug-likeness (QED) is 0.871. The van der Waals surface area contributed by atoms with E-state index in [-0.39, 0.29) is 18.3 Å². The van der Waals surface area contributed by atoms with E-state index in [1.165, 1.54) is 30.4 Å². The van der Waals surface area contributed by atoms with Crippen LogP contribution in [0.5, 0.6) is 0 Å². The van der Waals surface area contributed by atoms with Crippen LogP contribution in [0, 0.1) is 19.7 Å². The Balaban J connectivity index is 2.15. The van der Waals surface area contributed by atoms with Gasteiger partial charge in [0.05, 0.1) is 5.56 Å². The molecule has 4 nitrogen and oxygen atoms in total. The van der Waals surface area contributed by atoms with Gasteiger partial charge in [-0.3, -0.25) is 4.79 Å². The van der Waals surface area contributed by atoms with Gasteiger partial charge in [-0.1, -0.05) is 12.1 Å². The van der Waals surface area contributed by atoms with E-state index in [9.17, 15) is 14.0 Å². The van der Waals surface area contributed by atoms with E-state index in [4.69, 9.17) is 4.74 Å². The average molecular weight is 321 g/mol. The van der Waals surface area contributed by atoms with Crippen LogP contribution in [-0.2, 0) is 16.1 Å². The SMILES string of the molecule is CC(=O)Nc1sc(C)c(C)c1C(=O)OCc1ccc(F)cc1. The predicted octanol–water partition coefficient (Wildman–Crippen LogP) is 3.82. The highest BCUT2D eigenvalue weighted by molar-refractivity contribution is 7.16. The molecule has 0 spiro atoms. The van der Waals surface area contributed by atoms with E-state index in [2.05, 4.69) is 5.32 Å². The van der Waals surface area contributed by atoms with Gasteiger partial charge in [-0.2, -0.15) is 0 Å². The lowest BCUT2D eigenvalue weighted by atomic mass is 10.1. The Morgan fingerprint density at radius 2 is 1.86 bits per heavy atom. The van der Waals surface area contributed by atoms with E-state index >= 15 is 0 Å². The molecule has 116 valence electrons. The maximum atomic E-state index is 12.8. The standard InChI is InChI=1S/C16H16FNO3S/c1-9-10(2)22-15(18-11(3)19)14(9)16(20)21-8-12-4-6-13(17)7-5-12/h4-7H,8H2,1-3H3,(H,18,19). The molecule has 0 atom stereocenters. The van der Waals surface area contributed by atoms with Gasteiger partial charge in [-0.15, -0.1) is 11.3 Å². The van der Waals surface area contributed by atoms with Gasteiger partial charge in [0.2, 0.25) is 5.91 Å². The Kier molecular flexibility index (Phi) is 4.92. The monoisotopic (exact) mass is 321 g/mol. The number of hydrogen-bond acceptors (Lipinski definition) is 4. The predicted molar refractivity (Wildman–Crippen MR) is 83.6 cm³/mol. The van der Waals surface area contributed by atoms with Gasteiger partial charge in [0, 0.05) is 11.8 Å². The highest BCUT2D eigenvalue weighted by Gasteiger charge is 2.21. The van der Waals surface area contributed by atoms with E-state index in [1.807, 2.05) is 13.8 Å². The summed E-state index contributed by atoms with van der Waals surface area (Å²) in [7, 11) is 0. The Hall–Kier alpha value is -2.21. The highest BCUT2D eigenvalue weighted by Crippen LogP contribution is 2.33. The van der Waals surface area contributed by atoms with E-state index in [0.717, 1.165) is 10.4 Å². The highest BCUT2D eigenvalue weighted by atomic mass is 32.1. The topological polar surface area (TPSA) is 55.4 Å². The molecule has 0 saturated heterocycles. The second kappa shape index (κ2) is 6.70. The first-order chi connectivity index (χ1) is 10.4. The molecule has 2 rings (SSSR count). The summed E-state index contributed by atoms with van der Waals surface area (Å²) in [6, 6.07) is 5.74. The average Bonchev–Trinajstić information content (AvgIpc) is 2.72. The minimum atomic E-state index is -0.505. The molecule has 0 saturated carbocycles. The Bertz CT molecular complexity index is 707. The summed E-state index contributed by atoms with van der Waals surface area (Å²) in [6.07, 6.45) is 0. The van der Waals surface area contributed by atoms with Crippen LogP contribution < -0.4 is 5.32 Å². The summed E-state index contributed by atoms with van der Waals surface area (Å²) >= 11 is 1.34. The maximum absolute atomic E-state index is 12.8. The van der Waals surface area contributed by atoms with Crippen molar-refractivity contribution in [2.24, 2.45) is 0 Å². The molecule has 6 heteroatoms. The lowest BCUT2D eigenvalue weighted by Crippen LogP contribution is -2.11. The molecule has 1 aromatic carbocycles. The minimum absolute atomic E-state index is 0.0486. The smallest absolute Gasteiger partial charge is 0.341 e. The van der Waals surface area contributed by atoms with Crippen LogP contribution in [0.1, 0.15) is 33.3 Å². The van der Waals surface area contributed by atoms with Gasteiger partial charge in [-0.05, 0) is 37.1 Å². The fourth-order valence-electron chi connectivity index (χ4n) is 1.92. The van der Waals surface area contributed by atoms with Crippen molar-refractivity contribution in [2.75, 3.05) is 5.32 Å². The molecule has 1 heterocycles. The second-order valence-corrected chi connectivity index (χ2v) is 6.10. The lowest BCUT2D eigenvalue weighted by molar-refractivity contribution is -0.114. The lowest BCUT2D eigenvalue weighted by Gasteiger charge is -2.07. The Morgan fingerprint density at radius 3 is 2.45 bits per heavy atom. The number of esters is 1. The van der Waals surface area contributed by atoms with Crippen LogP contribution in [0.2, 0.25) is 0 Å². The first-order valence-corrected chi connectivity index (χ1v) is 7.49. The summed E-state index contributed by atoms with van der Waals surface area (Å²) in [5, 5.41) is 3.14. The van der Waals surface area contributed by atoms with Crippen molar-refractivity contribution in [1.29, 1.82) is 0 Å². The third kappa shape index (κ3) is 3.71. The maximum Gasteiger partial charge on any atom is 0.341 e. The molecule has 22 heavy (non-hydrogen) atoms. The number of hydrogen-bond donors (Lipinski definition) is 1. The molecule has 1 aromatic heterocycles. The van der Waals surface area contributed by atoms with Gasteiger partial charge < -0.3 is 10.1 Å². The molecule has 0 fully saturated rings. The molecule has 1 amide bonds. The first-order valence-electron chi connectivity index (χ1n) is 6.67. The van der Waals surface area contributed by atoms with Crippen molar-refractivity contribution >= 4 is 28.2 Å². The number of carbonyl (C=O) groups is 2. The number of benzene rings is 1. The molecule has 0 radical (unpaired) electrons. The zero-order valence-electron chi connectivity index (χ0n) is 12.5. The van der Waals surface area contributed by atoms with Crippen LogP contribution >= 0.6 is 11.3 Å². The molecular formula is C16H16FNO3S. The number of ether oxygens (including phenoxy) is 1. The van der Waals surface area contributed by atoms with Gasteiger partial charge >= 0.3 is 5.97 Å². The first kappa shape index (κ1) is 16.2. The third-order valence-corrected chi connectivity index (χ3v) is 4.28. The molecule has 1 N–H and O–H groups in total. The number of anilines is 1. The van der Waals surface area contributed by atoms with Crippen LogP contribution in [0.4, 0.5) is 9.39 Å². The van der Waals surface area contributed by atoms with Crippen molar-refractivity contribution in [2.45, 2.75) is 27.4 Å².